The van der Waals surface area contributed by atoms with Gasteiger partial charge in [-0.05, 0) is 79.9 Å². The Labute approximate surface area is 165 Å². The Morgan fingerprint density at radius 2 is 1.89 bits per heavy atom. The number of halogens is 1. The Balaban J connectivity index is 1.72. The highest BCUT2D eigenvalue weighted by Crippen LogP contribution is 2.44. The molecule has 0 N–H and O–H groups in total. The van der Waals surface area contributed by atoms with Gasteiger partial charge in [-0.3, -0.25) is 0 Å². The second-order valence-corrected chi connectivity index (χ2v) is 8.81. The van der Waals surface area contributed by atoms with Gasteiger partial charge in [-0.2, -0.15) is 0 Å². The van der Waals surface area contributed by atoms with Crippen LogP contribution in [0.4, 0.5) is 4.39 Å². The lowest BCUT2D eigenvalue weighted by molar-refractivity contribution is 0.210. The van der Waals surface area contributed by atoms with E-state index in [1.165, 1.54) is 76.2 Å². The van der Waals surface area contributed by atoms with Crippen molar-refractivity contribution < 1.29 is 9.13 Å². The van der Waals surface area contributed by atoms with E-state index >= 15 is 0 Å². The topological polar surface area (TPSA) is 9.23 Å². The van der Waals surface area contributed by atoms with Gasteiger partial charge in [-0.1, -0.05) is 57.2 Å². The van der Waals surface area contributed by atoms with Crippen LogP contribution in [0.5, 0.6) is 5.75 Å². The Kier molecular flexibility index (Phi) is 7.79. The maximum atomic E-state index is 14.4. The van der Waals surface area contributed by atoms with Gasteiger partial charge in [0.1, 0.15) is 0 Å². The number of benzene rings is 1. The van der Waals surface area contributed by atoms with Crippen molar-refractivity contribution in [3.8, 4) is 5.75 Å². The molecule has 2 aliphatic rings. The van der Waals surface area contributed by atoms with E-state index in [1.54, 1.807) is 13.2 Å². The number of allylic oxidation sites excluding steroid dienone is 2. The third-order valence-electron chi connectivity index (χ3n) is 7.00. The molecule has 1 fully saturated rings. The van der Waals surface area contributed by atoms with E-state index in [9.17, 15) is 4.39 Å². The lowest BCUT2D eigenvalue weighted by Gasteiger charge is -2.36. The van der Waals surface area contributed by atoms with Crippen molar-refractivity contribution in [3.05, 3.63) is 41.7 Å². The molecule has 2 aliphatic carbocycles. The average molecular weight is 373 g/mol. The van der Waals surface area contributed by atoms with E-state index in [0.29, 0.717) is 17.6 Å². The largest absolute Gasteiger partial charge is 0.494 e. The van der Waals surface area contributed by atoms with Crippen LogP contribution in [0.15, 0.2) is 30.4 Å². The number of unbranched alkanes of at least 4 members (excludes halogenated alkanes) is 1. The van der Waals surface area contributed by atoms with E-state index in [-0.39, 0.29) is 5.82 Å². The minimum atomic E-state index is -0.208. The molecule has 0 heterocycles. The molecule has 0 aromatic heterocycles. The predicted octanol–water partition coefficient (Wildman–Crippen LogP) is 7.66. The monoisotopic (exact) mass is 372 g/mol. The fourth-order valence-corrected chi connectivity index (χ4v) is 5.32. The molecular formula is C25H37FO. The summed E-state index contributed by atoms with van der Waals surface area (Å²) in [5.74, 6) is 3.03. The lowest BCUT2D eigenvalue weighted by atomic mass is 9.69. The summed E-state index contributed by atoms with van der Waals surface area (Å²) in [5, 5.41) is 0. The summed E-state index contributed by atoms with van der Waals surface area (Å²) < 4.78 is 19.6. The molecule has 1 aromatic carbocycles. The number of ether oxygens (including phenoxy) is 1. The van der Waals surface area contributed by atoms with Gasteiger partial charge in [-0.15, -0.1) is 0 Å². The second kappa shape index (κ2) is 10.3. The van der Waals surface area contributed by atoms with Crippen LogP contribution in [-0.4, -0.2) is 7.11 Å². The standard InChI is InChI=1S/C25H37FO/c1-3-4-8-19-11-13-21(14-12-19)23(17-20-9-6-5-7-10-20)22-15-16-25(27-2)24(26)18-22/h5-6,15-16,18-21,23H,3-4,7-14,17H2,1-2H3. The lowest BCUT2D eigenvalue weighted by Crippen LogP contribution is -2.23. The molecule has 1 aromatic rings. The summed E-state index contributed by atoms with van der Waals surface area (Å²) in [7, 11) is 1.54. The van der Waals surface area contributed by atoms with Gasteiger partial charge in [-0.25, -0.2) is 4.39 Å². The van der Waals surface area contributed by atoms with Crippen molar-refractivity contribution in [3.63, 3.8) is 0 Å². The first kappa shape index (κ1) is 20.4. The highest BCUT2D eigenvalue weighted by atomic mass is 19.1. The molecular weight excluding hydrogens is 335 g/mol. The normalized spacial score (nSPS) is 26.7. The van der Waals surface area contributed by atoms with Gasteiger partial charge < -0.3 is 4.74 Å². The van der Waals surface area contributed by atoms with Crippen LogP contribution in [0.25, 0.3) is 0 Å². The van der Waals surface area contributed by atoms with Crippen LogP contribution in [-0.2, 0) is 0 Å². The molecule has 0 radical (unpaired) electrons. The second-order valence-electron chi connectivity index (χ2n) is 8.81. The van der Waals surface area contributed by atoms with Crippen molar-refractivity contribution in [2.45, 2.75) is 83.5 Å². The fourth-order valence-electron chi connectivity index (χ4n) is 5.32. The molecule has 27 heavy (non-hydrogen) atoms. The Morgan fingerprint density at radius 3 is 2.52 bits per heavy atom. The third kappa shape index (κ3) is 5.59. The van der Waals surface area contributed by atoms with Crippen molar-refractivity contribution in [2.75, 3.05) is 7.11 Å². The van der Waals surface area contributed by atoms with Crippen molar-refractivity contribution in [1.82, 2.24) is 0 Å². The molecule has 1 nitrogen and oxygen atoms in total. The highest BCUT2D eigenvalue weighted by Gasteiger charge is 2.30. The average Bonchev–Trinajstić information content (AvgIpc) is 2.72. The first-order valence-electron chi connectivity index (χ1n) is 11.2. The molecule has 1 saturated carbocycles. The Morgan fingerprint density at radius 1 is 1.07 bits per heavy atom. The number of rotatable bonds is 8. The van der Waals surface area contributed by atoms with Crippen LogP contribution in [0, 0.1) is 23.6 Å². The van der Waals surface area contributed by atoms with Crippen molar-refractivity contribution in [1.29, 1.82) is 0 Å². The van der Waals surface area contributed by atoms with Crippen LogP contribution >= 0.6 is 0 Å². The van der Waals surface area contributed by atoms with Crippen molar-refractivity contribution >= 4 is 0 Å². The minimum absolute atomic E-state index is 0.208. The van der Waals surface area contributed by atoms with E-state index in [0.717, 1.165) is 11.8 Å². The minimum Gasteiger partial charge on any atom is -0.494 e. The van der Waals surface area contributed by atoms with Gasteiger partial charge in [0.25, 0.3) is 0 Å². The van der Waals surface area contributed by atoms with Crippen LogP contribution in [0.2, 0.25) is 0 Å². The highest BCUT2D eigenvalue weighted by molar-refractivity contribution is 5.32. The third-order valence-corrected chi connectivity index (χ3v) is 7.00. The van der Waals surface area contributed by atoms with Gasteiger partial charge in [0.15, 0.2) is 11.6 Å². The van der Waals surface area contributed by atoms with E-state index < -0.39 is 0 Å². The molecule has 0 amide bonds. The Hall–Kier alpha value is -1.31. The van der Waals surface area contributed by atoms with Gasteiger partial charge in [0, 0.05) is 0 Å². The van der Waals surface area contributed by atoms with Crippen LogP contribution in [0.1, 0.15) is 89.0 Å². The Bertz CT molecular complexity index is 600. The summed E-state index contributed by atoms with van der Waals surface area (Å²) in [4.78, 5) is 0. The first-order valence-corrected chi connectivity index (χ1v) is 11.2. The molecule has 0 aliphatic heterocycles. The quantitative estimate of drug-likeness (QED) is 0.426. The zero-order chi connectivity index (χ0) is 19.1. The smallest absolute Gasteiger partial charge is 0.165 e. The van der Waals surface area contributed by atoms with Gasteiger partial charge >= 0.3 is 0 Å². The molecule has 150 valence electrons. The summed E-state index contributed by atoms with van der Waals surface area (Å²) >= 11 is 0. The van der Waals surface area contributed by atoms with Gasteiger partial charge in [0.05, 0.1) is 7.11 Å². The van der Waals surface area contributed by atoms with E-state index in [4.69, 9.17) is 4.74 Å². The molecule has 2 heteroatoms. The fraction of sp³-hybridized carbons (Fsp3) is 0.680. The molecule has 2 atom stereocenters. The van der Waals surface area contributed by atoms with E-state index in [1.807, 2.05) is 6.07 Å². The molecule has 2 unspecified atom stereocenters. The maximum absolute atomic E-state index is 14.4. The van der Waals surface area contributed by atoms with E-state index in [2.05, 4.69) is 25.1 Å². The summed E-state index contributed by atoms with van der Waals surface area (Å²) in [5.41, 5.74) is 1.19. The number of hydrogen-bond donors (Lipinski definition) is 0. The molecule has 3 rings (SSSR count). The first-order chi connectivity index (χ1) is 13.2. The molecule has 0 spiro atoms. The molecule has 0 saturated heterocycles. The number of methoxy groups -OCH3 is 1. The van der Waals surface area contributed by atoms with Gasteiger partial charge in [0.2, 0.25) is 0 Å². The van der Waals surface area contributed by atoms with Crippen molar-refractivity contribution in [2.24, 2.45) is 17.8 Å². The SMILES string of the molecule is CCCCC1CCC(C(CC2CC=CCC2)c2ccc(OC)c(F)c2)CC1. The molecule has 0 bridgehead atoms. The zero-order valence-corrected chi connectivity index (χ0v) is 17.3. The van der Waals surface area contributed by atoms with Crippen LogP contribution in [0.3, 0.4) is 0 Å². The summed E-state index contributed by atoms with van der Waals surface area (Å²) in [6.45, 7) is 2.29. The maximum Gasteiger partial charge on any atom is 0.165 e. The predicted molar refractivity (Wildman–Crippen MR) is 112 cm³/mol. The number of hydrogen-bond acceptors (Lipinski definition) is 1. The summed E-state index contributed by atoms with van der Waals surface area (Å²) in [6.07, 6.45) is 19.0. The summed E-state index contributed by atoms with van der Waals surface area (Å²) in [6, 6.07) is 5.70. The van der Waals surface area contributed by atoms with Crippen LogP contribution < -0.4 is 4.74 Å². The zero-order valence-electron chi connectivity index (χ0n) is 17.3.